The van der Waals surface area contributed by atoms with Crippen LogP contribution in [0, 0.1) is 5.82 Å². The smallest absolute Gasteiger partial charge is 0.279 e. The van der Waals surface area contributed by atoms with Crippen LogP contribution in [0.4, 0.5) is 15.8 Å². The van der Waals surface area contributed by atoms with Crippen molar-refractivity contribution in [3.8, 4) is 0 Å². The Labute approximate surface area is 154 Å². The average molecular weight is 385 g/mol. The van der Waals surface area contributed by atoms with E-state index < -0.39 is 11.7 Å². The zero-order chi connectivity index (χ0) is 18.4. The van der Waals surface area contributed by atoms with Gasteiger partial charge in [-0.25, -0.2) is 4.39 Å². The number of rotatable bonds is 6. The summed E-state index contributed by atoms with van der Waals surface area (Å²) in [7, 11) is 1.69. The number of quaternary nitrogens is 1. The molecule has 1 atom stereocenters. The Bertz CT molecular complexity index is 769. The van der Waals surface area contributed by atoms with Gasteiger partial charge in [0, 0.05) is 15.7 Å². The monoisotopic (exact) mass is 384 g/mol. The minimum absolute atomic E-state index is 0.00000877. The lowest BCUT2D eigenvalue weighted by Crippen LogP contribution is -3.11. The van der Waals surface area contributed by atoms with Gasteiger partial charge in [0.2, 0.25) is 0 Å². The number of hydrogen-bond donors (Lipinski definition) is 3. The van der Waals surface area contributed by atoms with Gasteiger partial charge in [0.1, 0.15) is 5.82 Å². The van der Waals surface area contributed by atoms with E-state index in [1.165, 1.54) is 18.2 Å². The molecule has 25 heavy (non-hydrogen) atoms. The quantitative estimate of drug-likeness (QED) is 0.714. The summed E-state index contributed by atoms with van der Waals surface area (Å²) in [5.74, 6) is -1.24. The SMILES string of the molecule is C[NH+](CC(=O)Nc1ccc(Cl)cc1)CC(=O)Nc1cc(Cl)ccc1F. The van der Waals surface area contributed by atoms with Crippen LogP contribution in [0.5, 0.6) is 0 Å². The number of amides is 2. The molecule has 5 nitrogen and oxygen atoms in total. The van der Waals surface area contributed by atoms with Crippen LogP contribution in [0.15, 0.2) is 42.5 Å². The van der Waals surface area contributed by atoms with E-state index in [0.29, 0.717) is 20.6 Å². The predicted octanol–water partition coefficient (Wildman–Crippen LogP) is 2.22. The van der Waals surface area contributed by atoms with Crippen molar-refractivity contribution in [2.24, 2.45) is 0 Å². The van der Waals surface area contributed by atoms with Crippen LogP contribution in [0.1, 0.15) is 0 Å². The average Bonchev–Trinajstić information content (AvgIpc) is 2.52. The Morgan fingerprint density at radius 2 is 1.52 bits per heavy atom. The topological polar surface area (TPSA) is 62.6 Å². The number of carbonyl (C=O) groups is 2. The molecule has 0 heterocycles. The molecule has 2 aromatic carbocycles. The number of nitrogens with one attached hydrogen (secondary N) is 3. The van der Waals surface area contributed by atoms with Crippen LogP contribution in [-0.2, 0) is 9.59 Å². The molecule has 2 aromatic rings. The highest BCUT2D eigenvalue weighted by Crippen LogP contribution is 2.19. The van der Waals surface area contributed by atoms with Crippen molar-refractivity contribution in [1.82, 2.24) is 0 Å². The minimum Gasteiger partial charge on any atom is -0.322 e. The maximum Gasteiger partial charge on any atom is 0.279 e. The molecule has 0 radical (unpaired) electrons. The van der Waals surface area contributed by atoms with Crippen molar-refractivity contribution in [3.63, 3.8) is 0 Å². The molecule has 0 saturated carbocycles. The van der Waals surface area contributed by atoms with Crippen molar-refractivity contribution in [2.45, 2.75) is 0 Å². The highest BCUT2D eigenvalue weighted by Gasteiger charge is 2.16. The largest absolute Gasteiger partial charge is 0.322 e. The molecule has 0 aliphatic carbocycles. The summed E-state index contributed by atoms with van der Waals surface area (Å²) in [6.07, 6.45) is 0. The van der Waals surface area contributed by atoms with Crippen molar-refractivity contribution in [3.05, 3.63) is 58.3 Å². The van der Waals surface area contributed by atoms with Crippen LogP contribution in [0.25, 0.3) is 0 Å². The lowest BCUT2D eigenvalue weighted by molar-refractivity contribution is -0.862. The fraction of sp³-hybridized carbons (Fsp3) is 0.176. The standard InChI is InChI=1S/C17H16Cl2FN3O2/c1-23(9-16(24)21-13-5-2-11(18)3-6-13)10-17(25)22-15-8-12(19)4-7-14(15)20/h2-8H,9-10H2,1H3,(H,21,24)(H,22,25)/p+1. The molecule has 0 aliphatic rings. The number of likely N-dealkylation sites (N-methyl/N-ethyl adjacent to an activating group) is 1. The highest BCUT2D eigenvalue weighted by atomic mass is 35.5. The van der Waals surface area contributed by atoms with Crippen LogP contribution < -0.4 is 15.5 Å². The lowest BCUT2D eigenvalue weighted by atomic mass is 10.3. The van der Waals surface area contributed by atoms with Gasteiger partial charge in [-0.15, -0.1) is 0 Å². The van der Waals surface area contributed by atoms with Crippen molar-refractivity contribution in [1.29, 1.82) is 0 Å². The van der Waals surface area contributed by atoms with E-state index in [9.17, 15) is 14.0 Å². The van der Waals surface area contributed by atoms with E-state index in [1.54, 1.807) is 31.3 Å². The van der Waals surface area contributed by atoms with Gasteiger partial charge in [0.15, 0.2) is 13.1 Å². The first-order valence-electron chi connectivity index (χ1n) is 7.45. The Kier molecular flexibility index (Phi) is 6.75. The third-order valence-corrected chi connectivity index (χ3v) is 3.74. The van der Waals surface area contributed by atoms with E-state index in [0.717, 1.165) is 0 Å². The predicted molar refractivity (Wildman–Crippen MR) is 96.7 cm³/mol. The number of benzene rings is 2. The first-order valence-corrected chi connectivity index (χ1v) is 8.20. The number of hydrogen-bond acceptors (Lipinski definition) is 2. The van der Waals surface area contributed by atoms with E-state index in [4.69, 9.17) is 23.2 Å². The molecule has 1 unspecified atom stereocenters. The van der Waals surface area contributed by atoms with E-state index in [1.807, 2.05) is 0 Å². The van der Waals surface area contributed by atoms with Gasteiger partial charge in [-0.2, -0.15) is 0 Å². The summed E-state index contributed by atoms with van der Waals surface area (Å²) in [6, 6.07) is 10.6. The molecule has 0 spiro atoms. The second-order valence-corrected chi connectivity index (χ2v) is 6.41. The number of halogens is 3. The first kappa shape index (κ1) is 19.2. The summed E-state index contributed by atoms with van der Waals surface area (Å²) >= 11 is 11.6. The third-order valence-electron chi connectivity index (χ3n) is 3.26. The molecule has 0 saturated heterocycles. The summed E-state index contributed by atoms with van der Waals surface area (Å²) in [5, 5.41) is 6.05. The molecular weight excluding hydrogens is 368 g/mol. The normalized spacial score (nSPS) is 11.7. The number of carbonyl (C=O) groups excluding carboxylic acids is 2. The van der Waals surface area contributed by atoms with Crippen molar-refractivity contribution < 1.29 is 18.9 Å². The van der Waals surface area contributed by atoms with Gasteiger partial charge < -0.3 is 15.5 Å². The molecule has 8 heteroatoms. The van der Waals surface area contributed by atoms with Crippen LogP contribution in [0.3, 0.4) is 0 Å². The molecule has 2 amide bonds. The molecule has 0 bridgehead atoms. The van der Waals surface area contributed by atoms with Crippen molar-refractivity contribution >= 4 is 46.4 Å². The summed E-state index contributed by atoms with van der Waals surface area (Å²) in [4.78, 5) is 24.6. The van der Waals surface area contributed by atoms with Gasteiger partial charge in [-0.05, 0) is 42.5 Å². The molecule has 0 aromatic heterocycles. The second kappa shape index (κ2) is 8.80. The van der Waals surface area contributed by atoms with Gasteiger partial charge >= 0.3 is 0 Å². The lowest BCUT2D eigenvalue weighted by Gasteiger charge is -2.14. The Hall–Kier alpha value is -2.15. The zero-order valence-corrected chi connectivity index (χ0v) is 14.9. The molecule has 132 valence electrons. The summed E-state index contributed by atoms with van der Waals surface area (Å²) < 4.78 is 13.6. The minimum atomic E-state index is -0.573. The summed E-state index contributed by atoms with van der Waals surface area (Å²) in [6.45, 7) is 0.0774. The molecular formula is C17H17Cl2FN3O2+. The Morgan fingerprint density at radius 1 is 0.960 bits per heavy atom. The van der Waals surface area contributed by atoms with Gasteiger partial charge in [-0.3, -0.25) is 9.59 Å². The van der Waals surface area contributed by atoms with Crippen LogP contribution >= 0.6 is 23.2 Å². The second-order valence-electron chi connectivity index (χ2n) is 5.54. The molecule has 0 fully saturated rings. The van der Waals surface area contributed by atoms with Gasteiger partial charge in [0.05, 0.1) is 12.7 Å². The fourth-order valence-corrected chi connectivity index (χ4v) is 2.43. The van der Waals surface area contributed by atoms with Crippen LogP contribution in [-0.4, -0.2) is 32.0 Å². The fourth-order valence-electron chi connectivity index (χ4n) is 2.14. The zero-order valence-electron chi connectivity index (χ0n) is 13.4. The van der Waals surface area contributed by atoms with Gasteiger partial charge in [-0.1, -0.05) is 23.2 Å². The molecule has 2 rings (SSSR count). The third kappa shape index (κ3) is 6.34. The molecule has 0 aliphatic heterocycles. The van der Waals surface area contributed by atoms with E-state index in [-0.39, 0.29) is 24.7 Å². The van der Waals surface area contributed by atoms with E-state index in [2.05, 4.69) is 10.6 Å². The maximum absolute atomic E-state index is 13.6. The summed E-state index contributed by atoms with van der Waals surface area (Å²) in [5.41, 5.74) is 0.628. The van der Waals surface area contributed by atoms with E-state index >= 15 is 0 Å². The van der Waals surface area contributed by atoms with Crippen molar-refractivity contribution in [2.75, 3.05) is 30.8 Å². The van der Waals surface area contributed by atoms with Crippen LogP contribution in [0.2, 0.25) is 10.0 Å². The molecule has 3 N–H and O–H groups in total. The highest BCUT2D eigenvalue weighted by molar-refractivity contribution is 6.31. The Balaban J connectivity index is 1.83. The first-order chi connectivity index (χ1) is 11.8. The number of anilines is 2. The maximum atomic E-state index is 13.6. The Morgan fingerprint density at radius 3 is 2.16 bits per heavy atom. The van der Waals surface area contributed by atoms with Gasteiger partial charge in [0.25, 0.3) is 11.8 Å².